The molecule has 2 heterocycles. The number of aromatic nitrogens is 2. The fraction of sp³-hybridized carbons (Fsp3) is 0.368. The van der Waals surface area contributed by atoms with Crippen molar-refractivity contribution in [1.29, 1.82) is 0 Å². The number of halogens is 1. The van der Waals surface area contributed by atoms with Gasteiger partial charge in [-0.2, -0.15) is 0 Å². The first kappa shape index (κ1) is 23.0. The van der Waals surface area contributed by atoms with Crippen LogP contribution in [0.5, 0.6) is 0 Å². The molecule has 0 aliphatic heterocycles. The Kier molecular flexibility index (Phi) is 10.6. The molecule has 130 valence electrons. The Balaban J connectivity index is 0.000000460. The molecule has 6 heteroatoms. The van der Waals surface area contributed by atoms with Crippen molar-refractivity contribution in [2.45, 2.75) is 39.8 Å². The van der Waals surface area contributed by atoms with Crippen LogP contribution in [0.15, 0.2) is 30.5 Å². The van der Waals surface area contributed by atoms with Crippen LogP contribution in [0.25, 0.3) is 27.3 Å². The van der Waals surface area contributed by atoms with Crippen LogP contribution in [-0.4, -0.2) is 16.7 Å². The van der Waals surface area contributed by atoms with Crippen molar-refractivity contribution in [1.82, 2.24) is 9.55 Å². The van der Waals surface area contributed by atoms with E-state index < -0.39 is 0 Å². The molecule has 1 saturated carbocycles. The van der Waals surface area contributed by atoms with Gasteiger partial charge >= 0.3 is 51.4 Å². The average Bonchev–Trinajstić information content (AvgIpc) is 3.34. The number of fused-ring (bicyclic) bond motifs is 1. The molecule has 1 fully saturated rings. The number of nitrogens with zero attached hydrogens (tertiary/aromatic N) is 2. The summed E-state index contributed by atoms with van der Waals surface area (Å²) in [6, 6.07) is 8.63. The second-order valence-corrected chi connectivity index (χ2v) is 6.57. The minimum absolute atomic E-state index is 0. The van der Waals surface area contributed by atoms with Crippen molar-refractivity contribution in [3.8, 4) is 10.7 Å². The molecule has 0 spiro atoms. The zero-order valence-corrected chi connectivity index (χ0v) is 19.4. The van der Waals surface area contributed by atoms with Gasteiger partial charge in [0.25, 0.3) is 0 Å². The summed E-state index contributed by atoms with van der Waals surface area (Å²) >= 11 is 1.62. The van der Waals surface area contributed by atoms with Gasteiger partial charge < -0.3 is 16.7 Å². The van der Waals surface area contributed by atoms with Gasteiger partial charge in [-0.25, -0.2) is 17.8 Å². The van der Waals surface area contributed by atoms with Crippen molar-refractivity contribution < 1.29 is 55.8 Å². The molecule has 0 unspecified atom stereocenters. The summed E-state index contributed by atoms with van der Waals surface area (Å²) in [5, 5.41) is 2.31. The van der Waals surface area contributed by atoms with E-state index in [4.69, 9.17) is 5.73 Å². The zero-order chi connectivity index (χ0) is 17.5. The molecule has 0 atom stereocenters. The first-order valence-corrected chi connectivity index (χ1v) is 8.94. The molecule has 1 aliphatic rings. The largest absolute Gasteiger partial charge is 1.00 e. The molecule has 0 saturated heterocycles. The molecule has 0 bridgehead atoms. The second-order valence-electron chi connectivity index (χ2n) is 5.46. The standard InChI is InChI=1S/C15H16N3S.C3H5.CH3F.K/c1-3-18-13-6-4-5-10(2)12(13)7-14(18)15-17-9-11(8-16)19-15;1-2-3-1;1-2;/h4-7,9,16H,3,8H2,1-2H3;1H,2-3H2;1H3;/q2*-1;;+1. The molecule has 1 aliphatic carbocycles. The first-order chi connectivity index (χ1) is 11.7. The normalized spacial score (nSPS) is 11.7. The maximum Gasteiger partial charge on any atom is 1.00 e. The second kappa shape index (κ2) is 11.6. The van der Waals surface area contributed by atoms with Crippen LogP contribution in [-0.2, 0) is 13.1 Å². The summed E-state index contributed by atoms with van der Waals surface area (Å²) in [5.41, 5.74) is 11.1. The van der Waals surface area contributed by atoms with Gasteiger partial charge in [0.2, 0.25) is 0 Å². The van der Waals surface area contributed by atoms with E-state index in [0.717, 1.165) is 22.1 Å². The summed E-state index contributed by atoms with van der Waals surface area (Å²) in [5.74, 6) is 0. The summed E-state index contributed by atoms with van der Waals surface area (Å²) < 4.78 is 11.8. The van der Waals surface area contributed by atoms with Crippen molar-refractivity contribution in [3.63, 3.8) is 0 Å². The van der Waals surface area contributed by atoms with Gasteiger partial charge in [0.15, 0.2) is 0 Å². The van der Waals surface area contributed by atoms with E-state index >= 15 is 0 Å². The topological polar surface area (TPSA) is 41.6 Å². The van der Waals surface area contributed by atoms with Gasteiger partial charge in [0.1, 0.15) is 5.01 Å². The Hall–Kier alpha value is -0.0836. The van der Waals surface area contributed by atoms with Crippen LogP contribution in [0, 0.1) is 13.3 Å². The third kappa shape index (κ3) is 5.96. The number of rotatable bonds is 3. The van der Waals surface area contributed by atoms with Crippen molar-refractivity contribution >= 4 is 22.2 Å². The van der Waals surface area contributed by atoms with Gasteiger partial charge in [-0.3, -0.25) is 4.39 Å². The number of hydrogen-bond acceptors (Lipinski definition) is 2. The Morgan fingerprint density at radius 2 is 2.00 bits per heavy atom. The molecule has 0 radical (unpaired) electrons. The van der Waals surface area contributed by atoms with Crippen molar-refractivity contribution in [2.75, 3.05) is 7.18 Å². The minimum Gasteiger partial charge on any atom is -0.673 e. The van der Waals surface area contributed by atoms with Crippen LogP contribution in [0.4, 0.5) is 4.39 Å². The minimum atomic E-state index is 0. The summed E-state index contributed by atoms with van der Waals surface area (Å²) in [6.07, 6.45) is 6.82. The van der Waals surface area contributed by atoms with Crippen LogP contribution in [0.1, 0.15) is 30.2 Å². The summed E-state index contributed by atoms with van der Waals surface area (Å²) in [6.45, 7) is 5.54. The fourth-order valence-electron chi connectivity index (χ4n) is 2.46. The van der Waals surface area contributed by atoms with Crippen molar-refractivity contribution in [3.05, 3.63) is 53.1 Å². The van der Waals surface area contributed by atoms with E-state index in [2.05, 4.69) is 54.1 Å². The summed E-state index contributed by atoms with van der Waals surface area (Å²) in [4.78, 5) is 5.48. The zero-order valence-electron chi connectivity index (χ0n) is 15.5. The van der Waals surface area contributed by atoms with Crippen LogP contribution >= 0.6 is 11.3 Å². The molecule has 3 nitrogen and oxygen atoms in total. The van der Waals surface area contributed by atoms with Gasteiger partial charge in [0.05, 0.1) is 12.9 Å². The molecule has 1 N–H and O–H groups in total. The number of nitrogens with one attached hydrogen (secondary N) is 1. The van der Waals surface area contributed by atoms with Crippen LogP contribution in [0.2, 0.25) is 0 Å². The summed E-state index contributed by atoms with van der Waals surface area (Å²) in [7, 11) is 0.500. The molecular weight excluding hydrogens is 360 g/mol. The predicted octanol–water partition coefficient (Wildman–Crippen LogP) is 3.22. The van der Waals surface area contributed by atoms with E-state index in [1.54, 1.807) is 11.3 Å². The maximum absolute atomic E-state index is 9.50. The van der Waals surface area contributed by atoms with E-state index in [1.165, 1.54) is 29.3 Å². The van der Waals surface area contributed by atoms with Gasteiger partial charge in [-0.1, -0.05) is 12.1 Å². The van der Waals surface area contributed by atoms with E-state index in [-0.39, 0.29) is 51.4 Å². The number of aryl methyl sites for hydroxylation is 2. The van der Waals surface area contributed by atoms with E-state index in [0.29, 0.717) is 13.7 Å². The quantitative estimate of drug-likeness (QED) is 0.505. The molecule has 1 aromatic carbocycles. The molecule has 2 aromatic heterocycles. The van der Waals surface area contributed by atoms with Gasteiger partial charge in [0, 0.05) is 28.5 Å². The monoisotopic (exact) mass is 384 g/mol. The fourth-order valence-corrected chi connectivity index (χ4v) is 3.26. The van der Waals surface area contributed by atoms with E-state index in [1.807, 2.05) is 6.20 Å². The Morgan fingerprint density at radius 3 is 2.52 bits per heavy atom. The maximum atomic E-state index is 9.50. The van der Waals surface area contributed by atoms with Crippen LogP contribution < -0.4 is 51.4 Å². The third-order valence-corrected chi connectivity index (χ3v) is 4.74. The number of hydrogen-bond donors (Lipinski definition) is 0. The van der Waals surface area contributed by atoms with Gasteiger partial charge in [-0.05, 0) is 31.5 Å². The average molecular weight is 385 g/mol. The first-order valence-electron chi connectivity index (χ1n) is 8.12. The smallest absolute Gasteiger partial charge is 0.673 e. The Morgan fingerprint density at radius 1 is 1.32 bits per heavy atom. The number of alkyl halides is 1. The molecule has 0 amide bonds. The van der Waals surface area contributed by atoms with Gasteiger partial charge in [-0.15, -0.1) is 17.9 Å². The predicted molar refractivity (Wildman–Crippen MR) is 102 cm³/mol. The van der Waals surface area contributed by atoms with Crippen molar-refractivity contribution in [2.24, 2.45) is 0 Å². The number of thiazole rings is 1. The van der Waals surface area contributed by atoms with E-state index in [9.17, 15) is 4.39 Å². The third-order valence-electron chi connectivity index (χ3n) is 3.72. The Labute approximate surface area is 196 Å². The van der Waals surface area contributed by atoms with Crippen LogP contribution in [0.3, 0.4) is 0 Å². The Bertz CT molecular complexity index is 777. The molecule has 25 heavy (non-hydrogen) atoms. The number of benzene rings is 1. The SMILES string of the molecule is CCn1c(-c2ncc(C[NH-])s2)cc2c(C)cccc21.CF.[CH-]1CC1.[K+]. The molecule has 4 rings (SSSR count). The molecule has 3 aromatic rings. The molecular formula is C19H24FKN3S-.